The lowest BCUT2D eigenvalue weighted by molar-refractivity contribution is 0.205. The third kappa shape index (κ3) is 5.32. The molecule has 0 saturated carbocycles. The van der Waals surface area contributed by atoms with Crippen molar-refractivity contribution in [3.63, 3.8) is 0 Å². The van der Waals surface area contributed by atoms with Gasteiger partial charge < -0.3 is 9.88 Å². The lowest BCUT2D eigenvalue weighted by Gasteiger charge is -2.34. The standard InChI is InChI=1S/C26H32F2N2S/c1-4-23-25(22-10-7-20(28)17-24(22)29-23)18-11-14-30(15-12-18)16-13-26(2,3)31-21-8-5-19(27)6-9-21/h5-10,17-18,29H,4,11-16H2,1-3H3. The zero-order valence-corrected chi connectivity index (χ0v) is 19.5. The van der Waals surface area contributed by atoms with Gasteiger partial charge in [-0.1, -0.05) is 20.8 Å². The molecule has 5 heteroatoms. The van der Waals surface area contributed by atoms with Gasteiger partial charge in [-0.3, -0.25) is 0 Å². The molecule has 2 nitrogen and oxygen atoms in total. The van der Waals surface area contributed by atoms with Crippen LogP contribution in [-0.2, 0) is 6.42 Å². The Morgan fingerprint density at radius 3 is 2.39 bits per heavy atom. The van der Waals surface area contributed by atoms with Crippen LogP contribution in [0.2, 0.25) is 0 Å². The fourth-order valence-electron chi connectivity index (χ4n) is 4.74. The zero-order chi connectivity index (χ0) is 22.0. The van der Waals surface area contributed by atoms with E-state index in [9.17, 15) is 8.78 Å². The van der Waals surface area contributed by atoms with Gasteiger partial charge in [-0.25, -0.2) is 8.78 Å². The van der Waals surface area contributed by atoms with Crippen LogP contribution in [-0.4, -0.2) is 34.3 Å². The monoisotopic (exact) mass is 442 g/mol. The number of aromatic amines is 1. The molecule has 4 rings (SSSR count). The summed E-state index contributed by atoms with van der Waals surface area (Å²) in [4.78, 5) is 7.15. The molecule has 3 aromatic rings. The van der Waals surface area contributed by atoms with Gasteiger partial charge in [-0.15, -0.1) is 11.8 Å². The highest BCUT2D eigenvalue weighted by Crippen LogP contribution is 2.38. The van der Waals surface area contributed by atoms with Gasteiger partial charge in [-0.05, 0) is 99.3 Å². The summed E-state index contributed by atoms with van der Waals surface area (Å²) in [6, 6.07) is 11.9. The zero-order valence-electron chi connectivity index (χ0n) is 18.7. The Morgan fingerprint density at radius 2 is 1.71 bits per heavy atom. The minimum atomic E-state index is -0.184. The first kappa shape index (κ1) is 22.3. The Bertz CT molecular complexity index is 1020. The number of H-pyrrole nitrogens is 1. The van der Waals surface area contributed by atoms with Crippen LogP contribution in [0.4, 0.5) is 8.78 Å². The summed E-state index contributed by atoms with van der Waals surface area (Å²) in [5.41, 5.74) is 3.59. The molecule has 1 saturated heterocycles. The van der Waals surface area contributed by atoms with Gasteiger partial charge in [0.15, 0.2) is 0 Å². The van der Waals surface area contributed by atoms with Crippen LogP contribution in [0.5, 0.6) is 0 Å². The fraction of sp³-hybridized carbons (Fsp3) is 0.462. The van der Waals surface area contributed by atoms with Crippen LogP contribution in [0.25, 0.3) is 10.9 Å². The summed E-state index contributed by atoms with van der Waals surface area (Å²) in [6.07, 6.45) is 4.32. The Labute approximate surface area is 188 Å². The van der Waals surface area contributed by atoms with Crippen molar-refractivity contribution in [2.45, 2.75) is 62.0 Å². The van der Waals surface area contributed by atoms with Crippen LogP contribution < -0.4 is 0 Å². The smallest absolute Gasteiger partial charge is 0.125 e. The molecule has 0 unspecified atom stereocenters. The molecule has 0 atom stereocenters. The third-order valence-electron chi connectivity index (χ3n) is 6.47. The van der Waals surface area contributed by atoms with Crippen molar-refractivity contribution in [2.75, 3.05) is 19.6 Å². The summed E-state index contributed by atoms with van der Waals surface area (Å²) in [7, 11) is 0. The molecule has 2 aromatic carbocycles. The maximum atomic E-state index is 13.7. The fourth-order valence-corrected chi connectivity index (χ4v) is 5.84. The summed E-state index contributed by atoms with van der Waals surface area (Å²) >= 11 is 1.82. The van der Waals surface area contributed by atoms with E-state index in [-0.39, 0.29) is 16.4 Å². The van der Waals surface area contributed by atoms with Gasteiger partial charge >= 0.3 is 0 Å². The minimum Gasteiger partial charge on any atom is -0.358 e. The number of fused-ring (bicyclic) bond motifs is 1. The van der Waals surface area contributed by atoms with Crippen molar-refractivity contribution in [1.29, 1.82) is 0 Å². The van der Waals surface area contributed by atoms with Crippen molar-refractivity contribution in [2.24, 2.45) is 0 Å². The molecule has 1 aliphatic heterocycles. The van der Waals surface area contributed by atoms with Crippen LogP contribution in [0.15, 0.2) is 47.4 Å². The Balaban J connectivity index is 1.35. The Morgan fingerprint density at radius 1 is 1.03 bits per heavy atom. The van der Waals surface area contributed by atoms with E-state index in [0.717, 1.165) is 55.7 Å². The molecule has 0 spiro atoms. The first-order valence-corrected chi connectivity index (χ1v) is 12.1. The van der Waals surface area contributed by atoms with Gasteiger partial charge in [0.25, 0.3) is 0 Å². The lowest BCUT2D eigenvalue weighted by Crippen LogP contribution is -2.36. The van der Waals surface area contributed by atoms with E-state index < -0.39 is 0 Å². The van der Waals surface area contributed by atoms with Gasteiger partial charge in [0.05, 0.1) is 0 Å². The normalized spacial score (nSPS) is 16.3. The third-order valence-corrected chi connectivity index (χ3v) is 7.73. The van der Waals surface area contributed by atoms with Crippen molar-refractivity contribution in [3.8, 4) is 0 Å². The molecular weight excluding hydrogens is 410 g/mol. The van der Waals surface area contributed by atoms with Crippen molar-refractivity contribution in [1.82, 2.24) is 9.88 Å². The van der Waals surface area contributed by atoms with Crippen LogP contribution in [0.1, 0.15) is 57.2 Å². The minimum absolute atomic E-state index is 0.102. The second-order valence-electron chi connectivity index (χ2n) is 9.24. The molecule has 0 radical (unpaired) electrons. The van der Waals surface area contributed by atoms with Crippen molar-refractivity contribution in [3.05, 3.63) is 65.4 Å². The molecule has 0 amide bonds. The number of aromatic nitrogens is 1. The number of halogens is 2. The second kappa shape index (κ2) is 9.33. The van der Waals surface area contributed by atoms with Gasteiger partial charge in [0.2, 0.25) is 0 Å². The molecular formula is C26H32F2N2S. The largest absolute Gasteiger partial charge is 0.358 e. The van der Waals surface area contributed by atoms with Crippen LogP contribution >= 0.6 is 11.8 Å². The molecule has 166 valence electrons. The number of piperidine rings is 1. The molecule has 0 aliphatic carbocycles. The Hall–Kier alpha value is -1.85. The van der Waals surface area contributed by atoms with Gasteiger partial charge in [0.1, 0.15) is 11.6 Å². The number of hydrogen-bond donors (Lipinski definition) is 1. The summed E-state index contributed by atoms with van der Waals surface area (Å²) in [6.45, 7) is 9.98. The van der Waals surface area contributed by atoms with Crippen molar-refractivity contribution < 1.29 is 8.78 Å². The predicted molar refractivity (Wildman–Crippen MR) is 127 cm³/mol. The van der Waals surface area contributed by atoms with E-state index in [1.165, 1.54) is 28.8 Å². The van der Waals surface area contributed by atoms with E-state index in [1.54, 1.807) is 12.1 Å². The molecule has 1 aromatic heterocycles. The van der Waals surface area contributed by atoms with Crippen molar-refractivity contribution >= 4 is 22.7 Å². The lowest BCUT2D eigenvalue weighted by atomic mass is 9.86. The number of nitrogens with one attached hydrogen (secondary N) is 1. The molecule has 0 bridgehead atoms. The average molecular weight is 443 g/mol. The maximum Gasteiger partial charge on any atom is 0.125 e. The summed E-state index contributed by atoms with van der Waals surface area (Å²) in [5.74, 6) is 0.169. The number of rotatable bonds is 7. The number of thioether (sulfide) groups is 1. The maximum absolute atomic E-state index is 13.7. The number of likely N-dealkylation sites (tertiary alicyclic amines) is 1. The van der Waals surface area contributed by atoms with E-state index >= 15 is 0 Å². The number of benzene rings is 2. The summed E-state index contributed by atoms with van der Waals surface area (Å²) in [5, 5.41) is 1.19. The van der Waals surface area contributed by atoms with Crippen LogP contribution in [0.3, 0.4) is 0 Å². The van der Waals surface area contributed by atoms with E-state index in [1.807, 2.05) is 30.0 Å². The number of nitrogens with zero attached hydrogens (tertiary/aromatic N) is 1. The number of hydrogen-bond acceptors (Lipinski definition) is 2. The Kier molecular flexibility index (Phi) is 6.73. The predicted octanol–water partition coefficient (Wildman–Crippen LogP) is 7.15. The summed E-state index contributed by atoms with van der Waals surface area (Å²) < 4.78 is 26.9. The van der Waals surface area contributed by atoms with E-state index in [4.69, 9.17) is 0 Å². The van der Waals surface area contributed by atoms with E-state index in [2.05, 4.69) is 30.7 Å². The highest BCUT2D eigenvalue weighted by Gasteiger charge is 2.27. The SMILES string of the molecule is CCc1[nH]c2cc(F)ccc2c1C1CCN(CCC(C)(C)Sc2ccc(F)cc2)CC1. The highest BCUT2D eigenvalue weighted by atomic mass is 32.2. The first-order valence-electron chi connectivity index (χ1n) is 11.3. The highest BCUT2D eigenvalue weighted by molar-refractivity contribution is 8.00. The van der Waals surface area contributed by atoms with Gasteiger partial charge in [-0.2, -0.15) is 0 Å². The molecule has 1 N–H and O–H groups in total. The molecule has 1 fully saturated rings. The number of aryl methyl sites for hydroxylation is 1. The average Bonchev–Trinajstić information content (AvgIpc) is 3.12. The first-order chi connectivity index (χ1) is 14.8. The molecule has 1 aliphatic rings. The van der Waals surface area contributed by atoms with Gasteiger partial charge in [0, 0.05) is 26.2 Å². The van der Waals surface area contributed by atoms with E-state index in [0.29, 0.717) is 5.92 Å². The second-order valence-corrected chi connectivity index (χ2v) is 11.0. The van der Waals surface area contributed by atoms with Crippen LogP contribution in [0, 0.1) is 11.6 Å². The topological polar surface area (TPSA) is 19.0 Å². The molecule has 2 heterocycles. The quantitative estimate of drug-likeness (QED) is 0.392. The molecule has 31 heavy (non-hydrogen) atoms.